The van der Waals surface area contributed by atoms with E-state index >= 15 is 0 Å². The number of fused-ring (bicyclic) bond motifs is 1. The summed E-state index contributed by atoms with van der Waals surface area (Å²) in [5.41, 5.74) is 3.30. The number of nitrogens with zero attached hydrogens (tertiary/aromatic N) is 4. The van der Waals surface area contributed by atoms with Crippen molar-refractivity contribution in [1.29, 1.82) is 0 Å². The maximum Gasteiger partial charge on any atom is 0.234 e. The van der Waals surface area contributed by atoms with Crippen molar-refractivity contribution in [2.75, 3.05) is 20.1 Å². The van der Waals surface area contributed by atoms with Gasteiger partial charge < -0.3 is 5.32 Å². The van der Waals surface area contributed by atoms with Crippen LogP contribution in [-0.2, 0) is 6.54 Å². The second-order valence-electron chi connectivity index (χ2n) is 6.28. The van der Waals surface area contributed by atoms with Crippen LogP contribution in [0.25, 0.3) is 5.78 Å². The van der Waals surface area contributed by atoms with Crippen LogP contribution < -0.4 is 5.32 Å². The van der Waals surface area contributed by atoms with E-state index in [1.165, 1.54) is 25.0 Å². The molecule has 1 atom stereocenters. The molecule has 2 aromatic rings. The Labute approximate surface area is 126 Å². The minimum atomic E-state index is 0.628. The minimum Gasteiger partial charge on any atom is -0.313 e. The molecule has 0 aromatic carbocycles. The summed E-state index contributed by atoms with van der Waals surface area (Å²) in [4.78, 5) is 11.5. The van der Waals surface area contributed by atoms with Crippen LogP contribution in [0.3, 0.4) is 0 Å². The fourth-order valence-electron chi connectivity index (χ4n) is 3.19. The highest BCUT2D eigenvalue weighted by molar-refractivity contribution is 5.34. The fourth-order valence-corrected chi connectivity index (χ4v) is 3.19. The number of imidazole rings is 1. The van der Waals surface area contributed by atoms with Crippen LogP contribution in [0.2, 0.25) is 0 Å². The van der Waals surface area contributed by atoms with E-state index < -0.39 is 0 Å². The quantitative estimate of drug-likeness (QED) is 0.933. The molecular weight excluding hydrogens is 262 g/mol. The highest BCUT2D eigenvalue weighted by Crippen LogP contribution is 2.12. The summed E-state index contributed by atoms with van der Waals surface area (Å²) in [5, 5.41) is 3.60. The van der Waals surface area contributed by atoms with Gasteiger partial charge in [0, 0.05) is 36.7 Å². The third-order valence-electron chi connectivity index (χ3n) is 4.19. The van der Waals surface area contributed by atoms with Crippen LogP contribution in [0.4, 0.5) is 0 Å². The van der Waals surface area contributed by atoms with E-state index in [0.717, 1.165) is 36.8 Å². The zero-order valence-electron chi connectivity index (χ0n) is 13.3. The molecule has 114 valence electrons. The third-order valence-corrected chi connectivity index (χ3v) is 4.19. The lowest BCUT2D eigenvalue weighted by atomic mass is 10.0. The number of nitrogens with one attached hydrogen (secondary N) is 1. The summed E-state index contributed by atoms with van der Waals surface area (Å²) < 4.78 is 2.08. The Bertz CT molecular complexity index is 612. The van der Waals surface area contributed by atoms with Crippen molar-refractivity contribution in [3.05, 3.63) is 29.3 Å². The van der Waals surface area contributed by atoms with E-state index in [-0.39, 0.29) is 0 Å². The Morgan fingerprint density at radius 1 is 1.33 bits per heavy atom. The molecule has 1 unspecified atom stereocenters. The van der Waals surface area contributed by atoms with E-state index in [2.05, 4.69) is 50.8 Å². The van der Waals surface area contributed by atoms with Crippen LogP contribution in [0.1, 0.15) is 36.3 Å². The van der Waals surface area contributed by atoms with Crippen molar-refractivity contribution in [1.82, 2.24) is 24.6 Å². The number of hydrogen-bond acceptors (Lipinski definition) is 4. The Kier molecular flexibility index (Phi) is 4.22. The molecule has 2 aromatic heterocycles. The zero-order valence-corrected chi connectivity index (χ0v) is 13.3. The molecule has 0 spiro atoms. The van der Waals surface area contributed by atoms with Gasteiger partial charge in [-0.2, -0.15) is 0 Å². The maximum atomic E-state index is 4.66. The highest BCUT2D eigenvalue weighted by Gasteiger charge is 2.15. The lowest BCUT2D eigenvalue weighted by Crippen LogP contribution is -2.42. The number of likely N-dealkylation sites (N-methyl/N-ethyl adjacent to an activating group) is 1. The average Bonchev–Trinajstić information content (AvgIpc) is 2.82. The first-order valence-electron chi connectivity index (χ1n) is 7.86. The van der Waals surface area contributed by atoms with Gasteiger partial charge in [-0.3, -0.25) is 9.30 Å². The molecular formula is C16H25N5. The predicted octanol–water partition coefficient (Wildman–Crippen LogP) is 1.92. The molecule has 0 saturated carbocycles. The van der Waals surface area contributed by atoms with Gasteiger partial charge in [-0.15, -0.1) is 0 Å². The lowest BCUT2D eigenvalue weighted by Gasteiger charge is -2.27. The van der Waals surface area contributed by atoms with Gasteiger partial charge in [0.25, 0.3) is 0 Å². The van der Waals surface area contributed by atoms with Crippen LogP contribution >= 0.6 is 0 Å². The number of piperidine rings is 1. The molecule has 0 aliphatic carbocycles. The van der Waals surface area contributed by atoms with E-state index in [4.69, 9.17) is 0 Å². The summed E-state index contributed by atoms with van der Waals surface area (Å²) in [6.07, 6.45) is 6.07. The maximum absolute atomic E-state index is 4.66. The van der Waals surface area contributed by atoms with Crippen LogP contribution in [0, 0.1) is 13.8 Å². The molecule has 0 radical (unpaired) electrons. The smallest absolute Gasteiger partial charge is 0.234 e. The van der Waals surface area contributed by atoms with Crippen molar-refractivity contribution >= 4 is 5.78 Å². The minimum absolute atomic E-state index is 0.628. The van der Waals surface area contributed by atoms with Crippen molar-refractivity contribution < 1.29 is 0 Å². The van der Waals surface area contributed by atoms with Gasteiger partial charge >= 0.3 is 0 Å². The molecule has 0 amide bonds. The van der Waals surface area contributed by atoms with E-state index in [0.29, 0.717) is 6.04 Å². The summed E-state index contributed by atoms with van der Waals surface area (Å²) in [5.74, 6) is 0.812. The number of aromatic nitrogens is 3. The van der Waals surface area contributed by atoms with Gasteiger partial charge in [-0.1, -0.05) is 6.42 Å². The Balaban J connectivity index is 1.68. The standard InChI is InChI=1S/C16H25N5/c1-12-8-13(2)21-11-15(19-16(21)18-12)10-20(3)9-14-6-4-5-7-17-14/h8,11,14,17H,4-7,9-10H2,1-3H3. The molecule has 1 aliphatic rings. The number of aryl methyl sites for hydroxylation is 2. The van der Waals surface area contributed by atoms with Crippen molar-refractivity contribution in [2.24, 2.45) is 0 Å². The molecule has 1 aliphatic heterocycles. The third kappa shape index (κ3) is 3.41. The molecule has 21 heavy (non-hydrogen) atoms. The second kappa shape index (κ2) is 6.12. The Hall–Kier alpha value is -1.46. The monoisotopic (exact) mass is 287 g/mol. The van der Waals surface area contributed by atoms with Gasteiger partial charge in [0.15, 0.2) is 0 Å². The van der Waals surface area contributed by atoms with Crippen molar-refractivity contribution in [3.8, 4) is 0 Å². The first-order valence-corrected chi connectivity index (χ1v) is 7.86. The largest absolute Gasteiger partial charge is 0.313 e. The topological polar surface area (TPSA) is 45.5 Å². The van der Waals surface area contributed by atoms with E-state index in [1.54, 1.807) is 0 Å². The van der Waals surface area contributed by atoms with Crippen LogP contribution in [0.15, 0.2) is 12.3 Å². The van der Waals surface area contributed by atoms with Crippen molar-refractivity contribution in [2.45, 2.75) is 45.7 Å². The Morgan fingerprint density at radius 3 is 2.95 bits per heavy atom. The normalized spacial score (nSPS) is 19.5. The van der Waals surface area contributed by atoms with Crippen LogP contribution in [-0.4, -0.2) is 45.4 Å². The predicted molar refractivity (Wildman–Crippen MR) is 84.4 cm³/mol. The van der Waals surface area contributed by atoms with Crippen molar-refractivity contribution in [3.63, 3.8) is 0 Å². The first-order chi connectivity index (χ1) is 10.1. The van der Waals surface area contributed by atoms with E-state index in [9.17, 15) is 0 Å². The summed E-state index contributed by atoms with van der Waals surface area (Å²) in [7, 11) is 2.17. The molecule has 5 nitrogen and oxygen atoms in total. The van der Waals surface area contributed by atoms with Gasteiger partial charge in [0.2, 0.25) is 5.78 Å². The molecule has 5 heteroatoms. The first kappa shape index (κ1) is 14.5. The molecule has 1 saturated heterocycles. The molecule has 1 fully saturated rings. The summed E-state index contributed by atoms with van der Waals surface area (Å²) in [6.45, 7) is 7.24. The number of hydrogen-bond donors (Lipinski definition) is 1. The van der Waals surface area contributed by atoms with Gasteiger partial charge in [0.1, 0.15) is 0 Å². The number of rotatable bonds is 4. The average molecular weight is 287 g/mol. The Morgan fingerprint density at radius 2 is 2.19 bits per heavy atom. The fraction of sp³-hybridized carbons (Fsp3) is 0.625. The second-order valence-corrected chi connectivity index (χ2v) is 6.28. The van der Waals surface area contributed by atoms with Gasteiger partial charge in [0.05, 0.1) is 5.69 Å². The molecule has 3 rings (SSSR count). The molecule has 3 heterocycles. The molecule has 1 N–H and O–H groups in total. The van der Waals surface area contributed by atoms with Crippen LogP contribution in [0.5, 0.6) is 0 Å². The summed E-state index contributed by atoms with van der Waals surface area (Å²) >= 11 is 0. The summed E-state index contributed by atoms with van der Waals surface area (Å²) in [6, 6.07) is 2.72. The SMILES string of the molecule is Cc1cc(C)n2cc(CN(C)CC3CCCCN3)nc2n1. The van der Waals surface area contributed by atoms with E-state index in [1.807, 2.05) is 6.92 Å². The van der Waals surface area contributed by atoms with Gasteiger partial charge in [-0.25, -0.2) is 9.97 Å². The molecule has 0 bridgehead atoms. The lowest BCUT2D eigenvalue weighted by molar-refractivity contribution is 0.254. The zero-order chi connectivity index (χ0) is 14.8. The van der Waals surface area contributed by atoms with Gasteiger partial charge in [-0.05, 0) is 46.3 Å². The highest BCUT2D eigenvalue weighted by atomic mass is 15.2.